The number of rotatable bonds is 7. The summed E-state index contributed by atoms with van der Waals surface area (Å²) in [5, 5.41) is 14.3. The molecule has 0 spiro atoms. The van der Waals surface area contributed by atoms with Crippen LogP contribution in [0.5, 0.6) is 0 Å². The molecule has 0 aliphatic heterocycles. The Hall–Kier alpha value is -1.73. The van der Waals surface area contributed by atoms with E-state index >= 15 is 0 Å². The van der Waals surface area contributed by atoms with E-state index in [4.69, 9.17) is 5.11 Å². The monoisotopic (exact) mass is 396 g/mol. The number of benzene rings is 1. The molecule has 1 atom stereocenters. The van der Waals surface area contributed by atoms with E-state index in [1.807, 2.05) is 36.6 Å². The van der Waals surface area contributed by atoms with Gasteiger partial charge in [0.25, 0.3) is 0 Å². The molecule has 0 radical (unpaired) electrons. The first-order valence-corrected chi connectivity index (χ1v) is 8.89. The van der Waals surface area contributed by atoms with Gasteiger partial charge in [-0.15, -0.1) is 11.3 Å². The number of aliphatic carboxylic acids is 1. The van der Waals surface area contributed by atoms with Crippen molar-refractivity contribution in [2.75, 3.05) is 0 Å². The summed E-state index contributed by atoms with van der Waals surface area (Å²) in [4.78, 5) is 27.5. The Bertz CT molecular complexity index is 702. The van der Waals surface area contributed by atoms with Crippen LogP contribution in [-0.2, 0) is 16.0 Å². The van der Waals surface area contributed by atoms with Crippen molar-refractivity contribution in [1.82, 2.24) is 10.3 Å². The predicted octanol–water partition coefficient (Wildman–Crippen LogP) is 3.48. The van der Waals surface area contributed by atoms with Crippen LogP contribution in [0.1, 0.15) is 25.5 Å². The zero-order chi connectivity index (χ0) is 16.8. The average molecular weight is 397 g/mol. The summed E-state index contributed by atoms with van der Waals surface area (Å²) in [6.45, 7) is 1.88. The normalized spacial score (nSPS) is 11.9. The number of carbonyl (C=O) groups excluding carboxylic acids is 1. The zero-order valence-corrected chi connectivity index (χ0v) is 15.0. The van der Waals surface area contributed by atoms with Gasteiger partial charge in [0, 0.05) is 15.4 Å². The Morgan fingerprint density at radius 1 is 1.43 bits per heavy atom. The minimum absolute atomic E-state index is 0.0813. The summed E-state index contributed by atoms with van der Waals surface area (Å²) in [6, 6.07) is 6.94. The fourth-order valence-electron chi connectivity index (χ4n) is 2.10. The SMILES string of the molecule is CCCC(NC(=O)Cc1csc(-c2cccc(Br)c2)n1)C(=O)O. The van der Waals surface area contributed by atoms with Gasteiger partial charge in [0.1, 0.15) is 11.0 Å². The lowest BCUT2D eigenvalue weighted by Gasteiger charge is -2.12. The molecule has 1 aromatic heterocycles. The molecule has 0 fully saturated rings. The Morgan fingerprint density at radius 3 is 2.87 bits per heavy atom. The van der Waals surface area contributed by atoms with Crippen LogP contribution in [0.2, 0.25) is 0 Å². The smallest absolute Gasteiger partial charge is 0.326 e. The Kier molecular flexibility index (Phi) is 6.29. The van der Waals surface area contributed by atoms with Crippen molar-refractivity contribution in [3.8, 4) is 10.6 Å². The summed E-state index contributed by atoms with van der Waals surface area (Å²) < 4.78 is 0.966. The van der Waals surface area contributed by atoms with E-state index in [1.54, 1.807) is 0 Å². The minimum Gasteiger partial charge on any atom is -0.480 e. The highest BCUT2D eigenvalue weighted by molar-refractivity contribution is 9.10. The molecule has 0 bridgehead atoms. The van der Waals surface area contributed by atoms with Crippen molar-refractivity contribution in [1.29, 1.82) is 0 Å². The van der Waals surface area contributed by atoms with Crippen molar-refractivity contribution in [3.63, 3.8) is 0 Å². The predicted molar refractivity (Wildman–Crippen MR) is 93.4 cm³/mol. The number of aromatic nitrogens is 1. The van der Waals surface area contributed by atoms with Gasteiger partial charge in [0.05, 0.1) is 12.1 Å². The van der Waals surface area contributed by atoms with Crippen LogP contribution in [0.25, 0.3) is 10.6 Å². The first kappa shape index (κ1) is 17.6. The van der Waals surface area contributed by atoms with Crippen LogP contribution in [0.4, 0.5) is 0 Å². The van der Waals surface area contributed by atoms with Crippen LogP contribution in [-0.4, -0.2) is 28.0 Å². The number of carbonyl (C=O) groups is 2. The van der Waals surface area contributed by atoms with E-state index in [2.05, 4.69) is 26.2 Å². The van der Waals surface area contributed by atoms with Crippen LogP contribution >= 0.6 is 27.3 Å². The fourth-order valence-corrected chi connectivity index (χ4v) is 3.31. The third kappa shape index (κ3) is 5.14. The van der Waals surface area contributed by atoms with E-state index in [0.29, 0.717) is 18.5 Å². The lowest BCUT2D eigenvalue weighted by atomic mass is 10.1. The van der Waals surface area contributed by atoms with E-state index < -0.39 is 12.0 Å². The summed E-state index contributed by atoms with van der Waals surface area (Å²) in [6.07, 6.45) is 1.19. The molecular formula is C16H17BrN2O3S. The van der Waals surface area contributed by atoms with E-state index in [0.717, 1.165) is 15.0 Å². The fraction of sp³-hybridized carbons (Fsp3) is 0.312. The van der Waals surface area contributed by atoms with Gasteiger partial charge in [-0.25, -0.2) is 9.78 Å². The highest BCUT2D eigenvalue weighted by atomic mass is 79.9. The van der Waals surface area contributed by atoms with Gasteiger partial charge >= 0.3 is 5.97 Å². The first-order chi connectivity index (χ1) is 11.0. The van der Waals surface area contributed by atoms with Gasteiger partial charge in [0.15, 0.2) is 0 Å². The van der Waals surface area contributed by atoms with Crippen molar-refractivity contribution in [3.05, 3.63) is 39.8 Å². The number of amides is 1. The van der Waals surface area contributed by atoms with E-state index in [9.17, 15) is 9.59 Å². The third-order valence-electron chi connectivity index (χ3n) is 3.18. The van der Waals surface area contributed by atoms with Gasteiger partial charge < -0.3 is 10.4 Å². The maximum absolute atomic E-state index is 12.0. The Morgan fingerprint density at radius 2 is 2.22 bits per heavy atom. The molecule has 2 N–H and O–H groups in total. The van der Waals surface area contributed by atoms with Crippen molar-refractivity contribution >= 4 is 39.1 Å². The van der Waals surface area contributed by atoms with Crippen LogP contribution in [0.15, 0.2) is 34.1 Å². The molecule has 2 aromatic rings. The number of hydrogen-bond acceptors (Lipinski definition) is 4. The molecule has 2 rings (SSSR count). The van der Waals surface area contributed by atoms with Crippen molar-refractivity contribution < 1.29 is 14.7 Å². The van der Waals surface area contributed by atoms with E-state index in [1.165, 1.54) is 11.3 Å². The molecule has 0 saturated heterocycles. The number of nitrogens with zero attached hydrogens (tertiary/aromatic N) is 1. The van der Waals surface area contributed by atoms with Crippen LogP contribution < -0.4 is 5.32 Å². The molecule has 1 unspecified atom stereocenters. The number of thiazole rings is 1. The second-order valence-electron chi connectivity index (χ2n) is 5.08. The maximum atomic E-state index is 12.0. The van der Waals surface area contributed by atoms with Gasteiger partial charge in [-0.1, -0.05) is 41.4 Å². The Labute approximate surface area is 146 Å². The molecule has 122 valence electrons. The van der Waals surface area contributed by atoms with Crippen LogP contribution in [0, 0.1) is 0 Å². The minimum atomic E-state index is -1.01. The lowest BCUT2D eigenvalue weighted by molar-refractivity contribution is -0.141. The number of carboxylic acids is 1. The molecule has 7 heteroatoms. The second kappa shape index (κ2) is 8.21. The van der Waals surface area contributed by atoms with Crippen molar-refractivity contribution in [2.45, 2.75) is 32.2 Å². The summed E-state index contributed by atoms with van der Waals surface area (Å²) in [7, 11) is 0. The quantitative estimate of drug-likeness (QED) is 0.750. The number of nitrogens with one attached hydrogen (secondary N) is 1. The van der Waals surface area contributed by atoms with Crippen LogP contribution in [0.3, 0.4) is 0 Å². The second-order valence-corrected chi connectivity index (χ2v) is 6.85. The largest absolute Gasteiger partial charge is 0.480 e. The third-order valence-corrected chi connectivity index (χ3v) is 4.61. The van der Waals surface area contributed by atoms with Gasteiger partial charge in [-0.2, -0.15) is 0 Å². The average Bonchev–Trinajstić information content (AvgIpc) is 2.95. The van der Waals surface area contributed by atoms with Gasteiger partial charge in [-0.3, -0.25) is 4.79 Å². The molecule has 23 heavy (non-hydrogen) atoms. The highest BCUT2D eigenvalue weighted by Gasteiger charge is 2.19. The number of halogens is 1. The standard InChI is InChI=1S/C16H17BrN2O3S/c1-2-4-13(16(21)22)19-14(20)8-12-9-23-15(18-12)10-5-3-6-11(17)7-10/h3,5-7,9,13H,2,4,8H2,1H3,(H,19,20)(H,21,22). The molecule has 1 heterocycles. The molecule has 5 nitrogen and oxygen atoms in total. The molecule has 1 amide bonds. The molecule has 1 aromatic carbocycles. The number of hydrogen-bond donors (Lipinski definition) is 2. The molecular weight excluding hydrogens is 380 g/mol. The van der Waals surface area contributed by atoms with Gasteiger partial charge in [0.2, 0.25) is 5.91 Å². The molecule has 0 aliphatic carbocycles. The zero-order valence-electron chi connectivity index (χ0n) is 12.6. The first-order valence-electron chi connectivity index (χ1n) is 7.22. The van der Waals surface area contributed by atoms with E-state index in [-0.39, 0.29) is 12.3 Å². The Balaban J connectivity index is 2.01. The highest BCUT2D eigenvalue weighted by Crippen LogP contribution is 2.26. The van der Waals surface area contributed by atoms with Gasteiger partial charge in [-0.05, 0) is 18.6 Å². The topological polar surface area (TPSA) is 79.3 Å². The molecule has 0 aliphatic rings. The molecule has 0 saturated carbocycles. The summed E-state index contributed by atoms with van der Waals surface area (Å²) >= 11 is 4.88. The van der Waals surface area contributed by atoms with Crippen molar-refractivity contribution in [2.24, 2.45) is 0 Å². The lowest BCUT2D eigenvalue weighted by Crippen LogP contribution is -2.41. The number of carboxylic acid groups (broad SMARTS) is 1. The summed E-state index contributed by atoms with van der Waals surface area (Å²) in [5.74, 6) is -1.33. The summed E-state index contributed by atoms with van der Waals surface area (Å²) in [5.41, 5.74) is 1.62. The maximum Gasteiger partial charge on any atom is 0.326 e.